The topological polar surface area (TPSA) is 69.2 Å². The zero-order valence-corrected chi connectivity index (χ0v) is 15.4. The molecule has 0 radical (unpaired) electrons. The second-order valence-electron chi connectivity index (χ2n) is 5.29. The third kappa shape index (κ3) is 6.08. The average molecular weight is 366 g/mol. The predicted molar refractivity (Wildman–Crippen MR) is 105 cm³/mol. The number of carbonyl (C=O) groups excluding carboxylic acids is 1. The van der Waals surface area contributed by atoms with Gasteiger partial charge in [-0.3, -0.25) is 4.79 Å². The van der Waals surface area contributed by atoms with Crippen molar-refractivity contribution in [1.29, 1.82) is 0 Å². The van der Waals surface area contributed by atoms with Crippen molar-refractivity contribution in [2.45, 2.75) is 13.8 Å². The molecule has 0 heterocycles. The smallest absolute Gasteiger partial charge is 0.271 e. The van der Waals surface area contributed by atoms with Crippen molar-refractivity contribution >= 4 is 12.1 Å². The van der Waals surface area contributed by atoms with Crippen LogP contribution in [0.5, 0.6) is 17.2 Å². The van der Waals surface area contributed by atoms with Crippen LogP contribution in [-0.2, 0) is 0 Å². The Morgan fingerprint density at radius 2 is 1.81 bits per heavy atom. The minimum absolute atomic E-state index is 0.158. The molecule has 0 saturated carbocycles. The van der Waals surface area contributed by atoms with Gasteiger partial charge in [-0.2, -0.15) is 5.10 Å². The van der Waals surface area contributed by atoms with Crippen molar-refractivity contribution in [3.05, 3.63) is 53.6 Å². The summed E-state index contributed by atoms with van der Waals surface area (Å²) in [5.74, 6) is 3.94. The molecule has 6 heteroatoms. The Kier molecular flexibility index (Phi) is 7.73. The van der Waals surface area contributed by atoms with Crippen LogP contribution in [0.25, 0.3) is 0 Å². The van der Waals surface area contributed by atoms with E-state index in [9.17, 15) is 4.79 Å². The number of hydrogen-bond acceptors (Lipinski definition) is 5. The number of carbonyl (C=O) groups is 1. The molecule has 27 heavy (non-hydrogen) atoms. The minimum atomic E-state index is -0.312. The SMILES string of the molecule is C#CCOc1ccc(/C=N/NC(=O)c2ccc(OCC)cc2)cc1OCC. The minimum Gasteiger partial charge on any atom is -0.494 e. The van der Waals surface area contributed by atoms with Gasteiger partial charge in [-0.15, -0.1) is 6.42 Å². The van der Waals surface area contributed by atoms with Gasteiger partial charge in [0.1, 0.15) is 12.4 Å². The van der Waals surface area contributed by atoms with Crippen LogP contribution in [0.4, 0.5) is 0 Å². The number of terminal acetylenes is 1. The Bertz CT molecular complexity index is 823. The predicted octanol–water partition coefficient (Wildman–Crippen LogP) is 3.26. The molecule has 0 atom stereocenters. The Labute approximate surface area is 159 Å². The van der Waals surface area contributed by atoms with Crippen molar-refractivity contribution in [3.8, 4) is 29.6 Å². The van der Waals surface area contributed by atoms with E-state index in [0.29, 0.717) is 36.0 Å². The van der Waals surface area contributed by atoms with Gasteiger partial charge in [0, 0.05) is 5.56 Å². The molecule has 0 aromatic heterocycles. The van der Waals surface area contributed by atoms with Gasteiger partial charge in [-0.05, 0) is 61.9 Å². The summed E-state index contributed by atoms with van der Waals surface area (Å²) < 4.78 is 16.3. The molecule has 2 aromatic carbocycles. The molecule has 1 N–H and O–H groups in total. The maximum absolute atomic E-state index is 12.1. The number of rotatable bonds is 9. The molecule has 0 saturated heterocycles. The molecule has 0 spiro atoms. The lowest BCUT2D eigenvalue weighted by molar-refractivity contribution is 0.0955. The quantitative estimate of drug-likeness (QED) is 0.420. The van der Waals surface area contributed by atoms with Crippen LogP contribution in [0.15, 0.2) is 47.6 Å². The molecule has 0 aliphatic carbocycles. The summed E-state index contributed by atoms with van der Waals surface area (Å²) in [5.41, 5.74) is 3.73. The van der Waals surface area contributed by atoms with Crippen LogP contribution in [0.1, 0.15) is 29.8 Å². The Balaban J connectivity index is 2.01. The van der Waals surface area contributed by atoms with Crippen molar-refractivity contribution in [1.82, 2.24) is 5.43 Å². The summed E-state index contributed by atoms with van der Waals surface area (Å²) in [4.78, 5) is 12.1. The summed E-state index contributed by atoms with van der Waals surface area (Å²) in [6.07, 6.45) is 6.74. The largest absolute Gasteiger partial charge is 0.494 e. The number of hydrazone groups is 1. The lowest BCUT2D eigenvalue weighted by Crippen LogP contribution is -2.17. The Hall–Kier alpha value is -3.46. The summed E-state index contributed by atoms with van der Waals surface area (Å²) in [6, 6.07) is 12.2. The first-order valence-corrected chi connectivity index (χ1v) is 8.57. The molecular weight excluding hydrogens is 344 g/mol. The van der Waals surface area contributed by atoms with E-state index in [2.05, 4.69) is 16.4 Å². The van der Waals surface area contributed by atoms with E-state index in [1.54, 1.807) is 42.5 Å². The number of benzene rings is 2. The number of hydrogen-bond donors (Lipinski definition) is 1. The Morgan fingerprint density at radius 3 is 2.48 bits per heavy atom. The summed E-state index contributed by atoms with van der Waals surface area (Å²) in [7, 11) is 0. The molecule has 0 aliphatic rings. The van der Waals surface area contributed by atoms with Gasteiger partial charge in [-0.25, -0.2) is 5.43 Å². The standard InChI is InChI=1S/C21H22N2O4/c1-4-13-27-19-12-7-16(14-20(19)26-6-3)15-22-23-21(24)17-8-10-18(11-9-17)25-5-2/h1,7-12,14-15H,5-6,13H2,2-3H3,(H,23,24)/b22-15+. The van der Waals surface area contributed by atoms with Gasteiger partial charge in [-0.1, -0.05) is 5.92 Å². The van der Waals surface area contributed by atoms with Crippen LogP contribution in [0.3, 0.4) is 0 Å². The van der Waals surface area contributed by atoms with E-state index in [4.69, 9.17) is 20.6 Å². The van der Waals surface area contributed by atoms with Crippen molar-refractivity contribution in [2.75, 3.05) is 19.8 Å². The second kappa shape index (κ2) is 10.5. The molecule has 0 fully saturated rings. The van der Waals surface area contributed by atoms with Crippen LogP contribution < -0.4 is 19.6 Å². The monoisotopic (exact) mass is 366 g/mol. The highest BCUT2D eigenvalue weighted by atomic mass is 16.5. The van der Waals surface area contributed by atoms with Crippen LogP contribution in [0.2, 0.25) is 0 Å². The molecule has 1 amide bonds. The fourth-order valence-electron chi connectivity index (χ4n) is 2.21. The van der Waals surface area contributed by atoms with E-state index in [1.165, 1.54) is 6.21 Å². The number of nitrogens with one attached hydrogen (secondary N) is 1. The van der Waals surface area contributed by atoms with Gasteiger partial charge in [0.15, 0.2) is 11.5 Å². The first-order chi connectivity index (χ1) is 13.2. The van der Waals surface area contributed by atoms with Crippen LogP contribution in [0, 0.1) is 12.3 Å². The second-order valence-corrected chi connectivity index (χ2v) is 5.29. The van der Waals surface area contributed by atoms with Crippen molar-refractivity contribution < 1.29 is 19.0 Å². The highest BCUT2D eigenvalue weighted by molar-refractivity contribution is 5.95. The maximum atomic E-state index is 12.1. The number of nitrogens with zero attached hydrogens (tertiary/aromatic N) is 1. The molecule has 6 nitrogen and oxygen atoms in total. The maximum Gasteiger partial charge on any atom is 0.271 e. The van der Waals surface area contributed by atoms with E-state index in [-0.39, 0.29) is 12.5 Å². The molecule has 2 aromatic rings. The normalized spacial score (nSPS) is 10.3. The van der Waals surface area contributed by atoms with Gasteiger partial charge in [0.2, 0.25) is 0 Å². The molecule has 140 valence electrons. The van der Waals surface area contributed by atoms with Gasteiger partial charge in [0.05, 0.1) is 19.4 Å². The van der Waals surface area contributed by atoms with Crippen molar-refractivity contribution in [2.24, 2.45) is 5.10 Å². The van der Waals surface area contributed by atoms with Crippen LogP contribution in [-0.4, -0.2) is 31.9 Å². The molecule has 0 aliphatic heterocycles. The highest BCUT2D eigenvalue weighted by Gasteiger charge is 2.06. The fraction of sp³-hybridized carbons (Fsp3) is 0.238. The lowest BCUT2D eigenvalue weighted by atomic mass is 10.2. The average Bonchev–Trinajstić information content (AvgIpc) is 2.68. The molecular formula is C21H22N2O4. The third-order valence-corrected chi connectivity index (χ3v) is 3.39. The Morgan fingerprint density at radius 1 is 1.07 bits per heavy atom. The van der Waals surface area contributed by atoms with Gasteiger partial charge in [0.25, 0.3) is 5.91 Å². The van der Waals surface area contributed by atoms with E-state index in [0.717, 1.165) is 5.56 Å². The number of amides is 1. The van der Waals surface area contributed by atoms with E-state index in [1.807, 2.05) is 13.8 Å². The summed E-state index contributed by atoms with van der Waals surface area (Å²) in [5, 5.41) is 3.99. The third-order valence-electron chi connectivity index (χ3n) is 3.39. The lowest BCUT2D eigenvalue weighted by Gasteiger charge is -2.10. The number of ether oxygens (including phenoxy) is 3. The fourth-order valence-corrected chi connectivity index (χ4v) is 2.21. The van der Waals surface area contributed by atoms with Crippen LogP contribution >= 0.6 is 0 Å². The zero-order valence-electron chi connectivity index (χ0n) is 15.4. The van der Waals surface area contributed by atoms with Crippen molar-refractivity contribution in [3.63, 3.8) is 0 Å². The van der Waals surface area contributed by atoms with E-state index >= 15 is 0 Å². The van der Waals surface area contributed by atoms with Gasteiger partial charge < -0.3 is 14.2 Å². The zero-order chi connectivity index (χ0) is 19.5. The summed E-state index contributed by atoms with van der Waals surface area (Å²) >= 11 is 0. The molecule has 0 bridgehead atoms. The highest BCUT2D eigenvalue weighted by Crippen LogP contribution is 2.27. The van der Waals surface area contributed by atoms with Gasteiger partial charge >= 0.3 is 0 Å². The molecule has 0 unspecified atom stereocenters. The van der Waals surface area contributed by atoms with E-state index < -0.39 is 0 Å². The first-order valence-electron chi connectivity index (χ1n) is 8.57. The first kappa shape index (κ1) is 19.9. The molecule has 2 rings (SSSR count). The summed E-state index contributed by atoms with van der Waals surface area (Å²) in [6.45, 7) is 5.00.